The number of nitrogens with two attached hydrogens (primary N) is 1. The molecule has 0 bridgehead atoms. The molecular weight excluding hydrogens is 166 g/mol. The molecular formula is C10H19NO2. The first kappa shape index (κ1) is 12.0. The molecule has 13 heavy (non-hydrogen) atoms. The van der Waals surface area contributed by atoms with E-state index in [0.29, 0.717) is 24.3 Å². The van der Waals surface area contributed by atoms with Crippen LogP contribution in [0.1, 0.15) is 40.0 Å². The molecule has 0 aromatic carbocycles. The van der Waals surface area contributed by atoms with Crippen LogP contribution >= 0.6 is 0 Å². The van der Waals surface area contributed by atoms with E-state index in [0.717, 1.165) is 12.8 Å². The lowest BCUT2D eigenvalue weighted by Gasteiger charge is -2.07. The topological polar surface area (TPSA) is 52.3 Å². The van der Waals surface area contributed by atoms with Crippen molar-refractivity contribution in [3.63, 3.8) is 0 Å². The number of allylic oxidation sites excluding steroid dienone is 1. The third-order valence-electron chi connectivity index (χ3n) is 1.81. The second-order valence-corrected chi connectivity index (χ2v) is 3.00. The molecule has 0 atom stereocenters. The summed E-state index contributed by atoms with van der Waals surface area (Å²) in [5.41, 5.74) is 6.68. The molecule has 0 aromatic heterocycles. The Labute approximate surface area is 79.9 Å². The molecule has 0 heterocycles. The Morgan fingerprint density at radius 3 is 2.38 bits per heavy atom. The summed E-state index contributed by atoms with van der Waals surface area (Å²) in [5.74, 6) is -0.268. The van der Waals surface area contributed by atoms with Gasteiger partial charge in [0.15, 0.2) is 0 Å². The average molecular weight is 185 g/mol. The second-order valence-electron chi connectivity index (χ2n) is 3.00. The van der Waals surface area contributed by atoms with E-state index < -0.39 is 0 Å². The van der Waals surface area contributed by atoms with Crippen LogP contribution in [-0.2, 0) is 9.53 Å². The minimum atomic E-state index is -0.268. The van der Waals surface area contributed by atoms with Gasteiger partial charge in [-0.3, -0.25) is 0 Å². The van der Waals surface area contributed by atoms with E-state index in [-0.39, 0.29) is 5.97 Å². The summed E-state index contributed by atoms with van der Waals surface area (Å²) < 4.78 is 5.02. The smallest absolute Gasteiger partial charge is 0.335 e. The fourth-order valence-electron chi connectivity index (χ4n) is 0.980. The van der Waals surface area contributed by atoms with Crippen molar-refractivity contribution in [1.29, 1.82) is 0 Å². The predicted molar refractivity (Wildman–Crippen MR) is 53.0 cm³/mol. The fraction of sp³-hybridized carbons (Fsp3) is 0.700. The van der Waals surface area contributed by atoms with Crippen molar-refractivity contribution in [3.8, 4) is 0 Å². The number of esters is 1. The van der Waals surface area contributed by atoms with Crippen LogP contribution in [-0.4, -0.2) is 12.6 Å². The molecule has 0 aliphatic rings. The van der Waals surface area contributed by atoms with Gasteiger partial charge in [0.25, 0.3) is 0 Å². The standard InChI is InChI=1S/C10H19NO2/c1-4-6-7-13-10(12)9(5-2)8(3)11/h4-7,11H2,1-3H3. The molecule has 3 heteroatoms. The lowest BCUT2D eigenvalue weighted by atomic mass is 10.2. The quantitative estimate of drug-likeness (QED) is 0.405. The van der Waals surface area contributed by atoms with Crippen LogP contribution in [0.5, 0.6) is 0 Å². The number of carbonyl (C=O) groups excluding carboxylic acids is 1. The van der Waals surface area contributed by atoms with Gasteiger partial charge < -0.3 is 10.5 Å². The van der Waals surface area contributed by atoms with E-state index in [9.17, 15) is 4.79 Å². The summed E-state index contributed by atoms with van der Waals surface area (Å²) >= 11 is 0. The first-order chi connectivity index (χ1) is 6.13. The summed E-state index contributed by atoms with van der Waals surface area (Å²) in [5, 5.41) is 0. The first-order valence-corrected chi connectivity index (χ1v) is 4.75. The number of carbonyl (C=O) groups is 1. The summed E-state index contributed by atoms with van der Waals surface area (Å²) in [6.45, 7) is 6.16. The zero-order valence-corrected chi connectivity index (χ0v) is 8.72. The molecule has 0 radical (unpaired) electrons. The monoisotopic (exact) mass is 185 g/mol. The van der Waals surface area contributed by atoms with E-state index in [4.69, 9.17) is 10.5 Å². The van der Waals surface area contributed by atoms with E-state index in [2.05, 4.69) is 6.92 Å². The van der Waals surface area contributed by atoms with Gasteiger partial charge in [-0.05, 0) is 19.8 Å². The van der Waals surface area contributed by atoms with Crippen molar-refractivity contribution in [3.05, 3.63) is 11.3 Å². The van der Waals surface area contributed by atoms with Crippen LogP contribution in [0.2, 0.25) is 0 Å². The third kappa shape index (κ3) is 4.55. The summed E-state index contributed by atoms with van der Waals surface area (Å²) in [6, 6.07) is 0. The van der Waals surface area contributed by atoms with Crippen molar-refractivity contribution in [1.82, 2.24) is 0 Å². The molecule has 0 aromatic rings. The molecule has 0 spiro atoms. The minimum absolute atomic E-state index is 0.268. The highest BCUT2D eigenvalue weighted by atomic mass is 16.5. The van der Waals surface area contributed by atoms with Gasteiger partial charge in [0.05, 0.1) is 12.2 Å². The fourth-order valence-corrected chi connectivity index (χ4v) is 0.980. The van der Waals surface area contributed by atoms with Crippen molar-refractivity contribution in [2.45, 2.75) is 40.0 Å². The molecule has 3 nitrogen and oxygen atoms in total. The number of hydrogen-bond donors (Lipinski definition) is 1. The third-order valence-corrected chi connectivity index (χ3v) is 1.81. The highest BCUT2D eigenvalue weighted by Crippen LogP contribution is 2.06. The molecule has 76 valence electrons. The van der Waals surface area contributed by atoms with E-state index >= 15 is 0 Å². The Morgan fingerprint density at radius 1 is 1.38 bits per heavy atom. The number of hydrogen-bond acceptors (Lipinski definition) is 3. The summed E-state index contributed by atoms with van der Waals surface area (Å²) in [4.78, 5) is 11.3. The minimum Gasteiger partial charge on any atom is -0.462 e. The van der Waals surface area contributed by atoms with Gasteiger partial charge in [-0.15, -0.1) is 0 Å². The lowest BCUT2D eigenvalue weighted by molar-refractivity contribution is -0.139. The van der Waals surface area contributed by atoms with E-state index in [1.807, 2.05) is 6.92 Å². The Bertz CT molecular complexity index is 193. The Morgan fingerprint density at radius 2 is 2.00 bits per heavy atom. The van der Waals surface area contributed by atoms with Crippen LogP contribution < -0.4 is 5.73 Å². The van der Waals surface area contributed by atoms with Crippen molar-refractivity contribution in [2.75, 3.05) is 6.61 Å². The SMILES string of the molecule is CCCCOC(=O)C(CC)=C(C)N. The van der Waals surface area contributed by atoms with Crippen molar-refractivity contribution in [2.24, 2.45) is 5.73 Å². The zero-order valence-electron chi connectivity index (χ0n) is 8.72. The zero-order chi connectivity index (χ0) is 10.3. The highest BCUT2D eigenvalue weighted by Gasteiger charge is 2.10. The molecule has 0 aliphatic heterocycles. The van der Waals surface area contributed by atoms with E-state index in [1.54, 1.807) is 6.92 Å². The van der Waals surface area contributed by atoms with Gasteiger partial charge in [-0.25, -0.2) is 4.79 Å². The maximum absolute atomic E-state index is 11.3. The molecule has 0 unspecified atom stereocenters. The molecule has 0 aliphatic carbocycles. The molecule has 0 amide bonds. The highest BCUT2D eigenvalue weighted by molar-refractivity contribution is 5.88. The van der Waals surface area contributed by atoms with Crippen LogP contribution in [0.4, 0.5) is 0 Å². The summed E-state index contributed by atoms with van der Waals surface area (Å²) in [6.07, 6.45) is 2.57. The van der Waals surface area contributed by atoms with Gasteiger partial charge in [0, 0.05) is 5.70 Å². The Hall–Kier alpha value is -0.990. The molecule has 0 fully saturated rings. The first-order valence-electron chi connectivity index (χ1n) is 4.75. The molecule has 0 saturated heterocycles. The van der Waals surface area contributed by atoms with E-state index in [1.165, 1.54) is 0 Å². The number of unbranched alkanes of at least 4 members (excludes halogenated alkanes) is 1. The molecule has 0 saturated carbocycles. The summed E-state index contributed by atoms with van der Waals surface area (Å²) in [7, 11) is 0. The van der Waals surface area contributed by atoms with Gasteiger partial charge in [-0.2, -0.15) is 0 Å². The maximum Gasteiger partial charge on any atom is 0.335 e. The van der Waals surface area contributed by atoms with Gasteiger partial charge in [0.2, 0.25) is 0 Å². The van der Waals surface area contributed by atoms with Gasteiger partial charge >= 0.3 is 5.97 Å². The second kappa shape index (κ2) is 6.52. The van der Waals surface area contributed by atoms with Crippen LogP contribution in [0.25, 0.3) is 0 Å². The van der Waals surface area contributed by atoms with Crippen molar-refractivity contribution < 1.29 is 9.53 Å². The average Bonchev–Trinajstić information content (AvgIpc) is 2.05. The van der Waals surface area contributed by atoms with Crippen LogP contribution in [0.3, 0.4) is 0 Å². The Balaban J connectivity index is 4.02. The number of rotatable bonds is 5. The molecule has 2 N–H and O–H groups in total. The lowest BCUT2D eigenvalue weighted by Crippen LogP contribution is -2.12. The van der Waals surface area contributed by atoms with Crippen LogP contribution in [0, 0.1) is 0 Å². The maximum atomic E-state index is 11.3. The normalized spacial score (nSPS) is 12.2. The van der Waals surface area contributed by atoms with Gasteiger partial charge in [0.1, 0.15) is 0 Å². The van der Waals surface area contributed by atoms with Crippen molar-refractivity contribution >= 4 is 5.97 Å². The largest absolute Gasteiger partial charge is 0.462 e. The Kier molecular flexibility index (Phi) is 6.02. The predicted octanol–water partition coefficient (Wildman–Crippen LogP) is 1.97. The molecule has 0 rings (SSSR count). The van der Waals surface area contributed by atoms with Crippen LogP contribution in [0.15, 0.2) is 11.3 Å². The van der Waals surface area contributed by atoms with Gasteiger partial charge in [-0.1, -0.05) is 20.3 Å². The number of ether oxygens (including phenoxy) is 1.